The molecule has 0 aliphatic rings. The third kappa shape index (κ3) is 3.14. The lowest BCUT2D eigenvalue weighted by molar-refractivity contribution is 0.173. The number of hydrogen-bond donors (Lipinski definition) is 1. The number of ether oxygens (including phenoxy) is 1. The number of methoxy groups -OCH3 is 1. The highest BCUT2D eigenvalue weighted by molar-refractivity contribution is 5.06. The van der Waals surface area contributed by atoms with Gasteiger partial charge in [-0.1, -0.05) is 0 Å². The van der Waals surface area contributed by atoms with Crippen molar-refractivity contribution in [3.8, 4) is 0 Å². The van der Waals surface area contributed by atoms with Crippen LogP contribution >= 0.6 is 0 Å². The van der Waals surface area contributed by atoms with Crippen molar-refractivity contribution in [2.45, 2.75) is 26.4 Å². The number of aromatic nitrogens is 2. The first kappa shape index (κ1) is 11.9. The molecule has 0 aliphatic carbocycles. The molecule has 5 nitrogen and oxygen atoms in total. The van der Waals surface area contributed by atoms with E-state index >= 15 is 0 Å². The summed E-state index contributed by atoms with van der Waals surface area (Å²) in [4.78, 5) is 15.4. The molecule has 1 atom stereocenters. The summed E-state index contributed by atoms with van der Waals surface area (Å²) in [5, 5.41) is 0. The van der Waals surface area contributed by atoms with Crippen LogP contribution in [-0.4, -0.2) is 29.3 Å². The normalized spacial score (nSPS) is 12.8. The van der Waals surface area contributed by atoms with Crippen LogP contribution in [0.2, 0.25) is 0 Å². The van der Waals surface area contributed by atoms with Gasteiger partial charge in [-0.15, -0.1) is 0 Å². The van der Waals surface area contributed by atoms with Gasteiger partial charge in [-0.2, -0.15) is 4.98 Å². The second-order valence-electron chi connectivity index (χ2n) is 3.65. The van der Waals surface area contributed by atoms with Crippen LogP contribution in [0.15, 0.2) is 10.9 Å². The van der Waals surface area contributed by atoms with E-state index in [-0.39, 0.29) is 11.7 Å². The van der Waals surface area contributed by atoms with Gasteiger partial charge < -0.3 is 10.5 Å². The van der Waals surface area contributed by atoms with Gasteiger partial charge in [-0.3, -0.25) is 4.57 Å². The van der Waals surface area contributed by atoms with Crippen LogP contribution in [0.1, 0.15) is 11.4 Å². The Bertz CT molecular complexity index is 387. The van der Waals surface area contributed by atoms with Gasteiger partial charge in [0.2, 0.25) is 0 Å². The summed E-state index contributed by atoms with van der Waals surface area (Å²) < 4.78 is 6.48. The van der Waals surface area contributed by atoms with Gasteiger partial charge in [0.25, 0.3) is 0 Å². The maximum Gasteiger partial charge on any atom is 0.348 e. The highest BCUT2D eigenvalue weighted by Crippen LogP contribution is 1.97. The Labute approximate surface area is 88.9 Å². The van der Waals surface area contributed by atoms with Crippen molar-refractivity contribution in [1.82, 2.24) is 9.55 Å². The van der Waals surface area contributed by atoms with Gasteiger partial charge in [0.05, 0.1) is 6.61 Å². The Kier molecular flexibility index (Phi) is 3.99. The van der Waals surface area contributed by atoms with Gasteiger partial charge >= 0.3 is 5.69 Å². The Morgan fingerprint density at radius 3 is 2.80 bits per heavy atom. The Balaban J connectivity index is 2.90. The van der Waals surface area contributed by atoms with Crippen molar-refractivity contribution in [3.05, 3.63) is 27.9 Å². The van der Waals surface area contributed by atoms with Gasteiger partial charge in [0, 0.05) is 31.1 Å². The summed E-state index contributed by atoms with van der Waals surface area (Å²) in [6, 6.07) is 1.68. The number of rotatable bonds is 4. The van der Waals surface area contributed by atoms with Crippen molar-refractivity contribution in [2.75, 3.05) is 13.7 Å². The Hall–Kier alpha value is -1.20. The van der Waals surface area contributed by atoms with E-state index in [1.807, 2.05) is 13.0 Å². The lowest BCUT2D eigenvalue weighted by atomic mass is 10.3. The van der Waals surface area contributed by atoms with Crippen molar-refractivity contribution < 1.29 is 4.74 Å². The first-order chi connectivity index (χ1) is 7.04. The van der Waals surface area contributed by atoms with E-state index in [1.165, 1.54) is 0 Å². The zero-order chi connectivity index (χ0) is 11.4. The molecule has 2 N–H and O–H groups in total. The minimum atomic E-state index is -0.251. The molecule has 0 aliphatic heterocycles. The Morgan fingerprint density at radius 1 is 1.60 bits per heavy atom. The van der Waals surface area contributed by atoms with Gasteiger partial charge in [-0.05, 0) is 19.9 Å². The summed E-state index contributed by atoms with van der Waals surface area (Å²) in [7, 11) is 1.59. The molecule has 0 amide bonds. The zero-order valence-electron chi connectivity index (χ0n) is 9.36. The van der Waals surface area contributed by atoms with Crippen LogP contribution in [-0.2, 0) is 11.3 Å². The highest BCUT2D eigenvalue weighted by atomic mass is 16.5. The molecule has 1 rings (SSSR count). The van der Waals surface area contributed by atoms with Crippen LogP contribution in [0.4, 0.5) is 0 Å². The highest BCUT2D eigenvalue weighted by Gasteiger charge is 2.07. The van der Waals surface area contributed by atoms with E-state index in [2.05, 4.69) is 4.98 Å². The summed E-state index contributed by atoms with van der Waals surface area (Å²) in [5.74, 6) is 0. The van der Waals surface area contributed by atoms with Crippen molar-refractivity contribution in [3.63, 3.8) is 0 Å². The molecule has 1 heterocycles. The monoisotopic (exact) mass is 211 g/mol. The van der Waals surface area contributed by atoms with Gasteiger partial charge in [0.15, 0.2) is 0 Å². The fourth-order valence-corrected chi connectivity index (χ4v) is 1.50. The lowest BCUT2D eigenvalue weighted by Crippen LogP contribution is -2.37. The van der Waals surface area contributed by atoms with Gasteiger partial charge in [-0.25, -0.2) is 4.79 Å². The van der Waals surface area contributed by atoms with E-state index < -0.39 is 0 Å². The average molecular weight is 211 g/mol. The SMILES string of the molecule is COCC(N)Cn1c(C)cc(C)nc1=O. The molecule has 0 spiro atoms. The molecule has 5 heteroatoms. The van der Waals surface area contributed by atoms with Crippen LogP contribution in [0, 0.1) is 13.8 Å². The van der Waals surface area contributed by atoms with Gasteiger partial charge in [0.1, 0.15) is 0 Å². The quantitative estimate of drug-likeness (QED) is 0.751. The van der Waals surface area contributed by atoms with Crippen molar-refractivity contribution >= 4 is 0 Å². The third-order valence-corrected chi connectivity index (χ3v) is 2.14. The molecular weight excluding hydrogens is 194 g/mol. The first-order valence-corrected chi connectivity index (χ1v) is 4.84. The van der Waals surface area contributed by atoms with Crippen LogP contribution < -0.4 is 11.4 Å². The molecule has 1 unspecified atom stereocenters. The molecule has 0 radical (unpaired) electrons. The van der Waals surface area contributed by atoms with Crippen LogP contribution in [0.5, 0.6) is 0 Å². The van der Waals surface area contributed by atoms with E-state index in [9.17, 15) is 4.79 Å². The molecule has 0 fully saturated rings. The predicted octanol–water partition coefficient (Wildman–Crippen LogP) is -0.166. The van der Waals surface area contributed by atoms with E-state index in [0.717, 1.165) is 11.4 Å². The smallest absolute Gasteiger partial charge is 0.348 e. The summed E-state index contributed by atoms with van der Waals surface area (Å²) in [5.41, 5.74) is 7.13. The van der Waals surface area contributed by atoms with Crippen LogP contribution in [0.25, 0.3) is 0 Å². The second-order valence-corrected chi connectivity index (χ2v) is 3.65. The molecular formula is C10H17N3O2. The molecule has 0 aromatic carbocycles. The molecule has 1 aromatic heterocycles. The average Bonchev–Trinajstić information content (AvgIpc) is 2.11. The largest absolute Gasteiger partial charge is 0.383 e. The van der Waals surface area contributed by atoms with Crippen LogP contribution in [0.3, 0.4) is 0 Å². The maximum atomic E-state index is 11.6. The minimum absolute atomic E-state index is 0.184. The molecule has 0 saturated carbocycles. The molecule has 0 saturated heterocycles. The predicted molar refractivity (Wildman–Crippen MR) is 57.8 cm³/mol. The zero-order valence-corrected chi connectivity index (χ0v) is 9.36. The third-order valence-electron chi connectivity index (χ3n) is 2.14. The maximum absolute atomic E-state index is 11.6. The first-order valence-electron chi connectivity index (χ1n) is 4.84. The summed E-state index contributed by atoms with van der Waals surface area (Å²) >= 11 is 0. The fraction of sp³-hybridized carbons (Fsp3) is 0.600. The summed E-state index contributed by atoms with van der Waals surface area (Å²) in [6.07, 6.45) is 0. The number of aryl methyl sites for hydroxylation is 2. The molecule has 15 heavy (non-hydrogen) atoms. The standard InChI is InChI=1S/C10H17N3O2/c1-7-4-8(2)13(10(14)12-7)5-9(11)6-15-3/h4,9H,5-6,11H2,1-3H3. The van der Waals surface area contributed by atoms with Crippen molar-refractivity contribution in [2.24, 2.45) is 5.73 Å². The molecule has 84 valence electrons. The number of nitrogens with two attached hydrogens (primary N) is 1. The Morgan fingerprint density at radius 2 is 2.27 bits per heavy atom. The van der Waals surface area contributed by atoms with Crippen molar-refractivity contribution in [1.29, 1.82) is 0 Å². The topological polar surface area (TPSA) is 70.1 Å². The number of hydrogen-bond acceptors (Lipinski definition) is 4. The van der Waals surface area contributed by atoms with E-state index in [4.69, 9.17) is 10.5 Å². The summed E-state index contributed by atoms with van der Waals surface area (Å²) in [6.45, 7) is 4.54. The number of nitrogens with zero attached hydrogens (tertiary/aromatic N) is 2. The molecule has 1 aromatic rings. The van der Waals surface area contributed by atoms with E-state index in [1.54, 1.807) is 18.6 Å². The second kappa shape index (κ2) is 5.04. The molecule has 0 bridgehead atoms. The van der Waals surface area contributed by atoms with E-state index in [0.29, 0.717) is 13.2 Å². The minimum Gasteiger partial charge on any atom is -0.383 e. The lowest BCUT2D eigenvalue weighted by Gasteiger charge is -2.14. The fourth-order valence-electron chi connectivity index (χ4n) is 1.50.